The molecule has 1 unspecified atom stereocenters. The number of carboxylic acid groups (broad SMARTS) is 1. The second-order valence-corrected chi connectivity index (χ2v) is 5.18. The van der Waals surface area contributed by atoms with E-state index in [4.69, 9.17) is 0 Å². The normalized spacial score (nSPS) is 23.1. The molecule has 1 N–H and O–H groups in total. The van der Waals surface area contributed by atoms with Crippen molar-refractivity contribution in [2.45, 2.75) is 26.2 Å². The molecule has 1 fully saturated rings. The summed E-state index contributed by atoms with van der Waals surface area (Å²) in [6.07, 6.45) is 2.17. The van der Waals surface area contributed by atoms with Crippen LogP contribution < -0.4 is 4.90 Å². The van der Waals surface area contributed by atoms with E-state index in [1.807, 2.05) is 17.9 Å². The molecule has 0 aliphatic carbocycles. The highest BCUT2D eigenvalue weighted by Gasteiger charge is 2.41. The van der Waals surface area contributed by atoms with E-state index in [0.29, 0.717) is 30.9 Å². The van der Waals surface area contributed by atoms with Crippen molar-refractivity contribution in [3.05, 3.63) is 12.1 Å². The quantitative estimate of drug-likeness (QED) is 0.876. The fourth-order valence-corrected chi connectivity index (χ4v) is 2.75. The van der Waals surface area contributed by atoms with E-state index in [2.05, 4.69) is 20.6 Å². The van der Waals surface area contributed by atoms with Crippen molar-refractivity contribution >= 4 is 17.4 Å². The summed E-state index contributed by atoms with van der Waals surface area (Å²) in [6.45, 7) is 3.20. The first-order valence-corrected chi connectivity index (χ1v) is 6.68. The van der Waals surface area contributed by atoms with Gasteiger partial charge in [-0.25, -0.2) is 0 Å². The van der Waals surface area contributed by atoms with Crippen molar-refractivity contribution in [1.29, 1.82) is 0 Å². The Morgan fingerprint density at radius 1 is 1.50 bits per heavy atom. The van der Waals surface area contributed by atoms with Crippen LogP contribution in [0.25, 0.3) is 5.65 Å². The number of anilines is 1. The predicted molar refractivity (Wildman–Crippen MR) is 70.4 cm³/mol. The lowest BCUT2D eigenvalue weighted by molar-refractivity contribution is -0.149. The van der Waals surface area contributed by atoms with Crippen molar-refractivity contribution < 1.29 is 9.90 Å². The second-order valence-electron chi connectivity index (χ2n) is 5.18. The zero-order valence-electron chi connectivity index (χ0n) is 11.2. The molecule has 20 heavy (non-hydrogen) atoms. The minimum atomic E-state index is -0.729. The first-order valence-electron chi connectivity index (χ1n) is 6.68. The molecular weight excluding hydrogens is 260 g/mol. The first kappa shape index (κ1) is 12.8. The molecule has 1 atom stereocenters. The number of fused-ring (bicyclic) bond motifs is 1. The van der Waals surface area contributed by atoms with Gasteiger partial charge in [0.15, 0.2) is 11.5 Å². The number of piperidine rings is 1. The monoisotopic (exact) mass is 276 g/mol. The molecule has 0 spiro atoms. The molecule has 1 saturated heterocycles. The van der Waals surface area contributed by atoms with E-state index in [-0.39, 0.29) is 0 Å². The van der Waals surface area contributed by atoms with Gasteiger partial charge in [-0.05, 0) is 41.8 Å². The van der Waals surface area contributed by atoms with Crippen LogP contribution in [0.5, 0.6) is 0 Å². The molecule has 0 aromatic carbocycles. The van der Waals surface area contributed by atoms with Crippen molar-refractivity contribution in [2.75, 3.05) is 18.0 Å². The second kappa shape index (κ2) is 4.69. The Labute approximate surface area is 115 Å². The summed E-state index contributed by atoms with van der Waals surface area (Å²) in [6, 6.07) is 3.62. The Hall–Kier alpha value is -2.25. The van der Waals surface area contributed by atoms with E-state index >= 15 is 0 Å². The fraction of sp³-hybridized carbons (Fsp3) is 0.583. The maximum Gasteiger partial charge on any atom is 0.311 e. The van der Waals surface area contributed by atoms with Gasteiger partial charge in [-0.2, -0.15) is 0 Å². The number of hydrogen-bond donors (Lipinski definition) is 1. The van der Waals surface area contributed by atoms with Crippen molar-refractivity contribution in [2.24, 2.45) is 5.41 Å². The highest BCUT2D eigenvalue weighted by Crippen LogP contribution is 2.35. The molecule has 3 rings (SSSR count). The molecule has 0 saturated carbocycles. The van der Waals surface area contributed by atoms with E-state index in [9.17, 15) is 9.90 Å². The Morgan fingerprint density at radius 3 is 3.10 bits per heavy atom. The molecule has 8 nitrogen and oxygen atoms in total. The lowest BCUT2D eigenvalue weighted by Gasteiger charge is -2.39. The van der Waals surface area contributed by atoms with Gasteiger partial charge in [0, 0.05) is 13.1 Å². The number of nitrogens with zero attached hydrogens (tertiary/aromatic N) is 6. The highest BCUT2D eigenvalue weighted by molar-refractivity contribution is 5.76. The van der Waals surface area contributed by atoms with Gasteiger partial charge in [0.25, 0.3) is 0 Å². The standard InChI is InChI=1S/C12H16N6O2/c1-2-12(11(19)20)6-3-7-17(8-12)10-5-4-9-13-15-16-18(9)14-10/h4-5H,2-3,6-8H2,1H3,(H,19,20). The first-order chi connectivity index (χ1) is 9.64. The van der Waals surface area contributed by atoms with Crippen LogP contribution in [-0.2, 0) is 4.79 Å². The third-order valence-electron chi connectivity index (χ3n) is 4.09. The molecule has 106 valence electrons. The number of aliphatic carboxylic acids is 1. The predicted octanol–water partition coefficient (Wildman–Crippen LogP) is 0.600. The van der Waals surface area contributed by atoms with Gasteiger partial charge in [-0.1, -0.05) is 6.92 Å². The Bertz CT molecular complexity index is 642. The Kier molecular flexibility index (Phi) is 3.00. The van der Waals surface area contributed by atoms with Crippen LogP contribution in [0, 0.1) is 5.41 Å². The summed E-state index contributed by atoms with van der Waals surface area (Å²) in [5.74, 6) is -0.0169. The molecule has 8 heteroatoms. The number of rotatable bonds is 3. The topological polar surface area (TPSA) is 96.5 Å². The number of aromatic nitrogens is 5. The molecule has 0 amide bonds. The third kappa shape index (κ3) is 1.97. The molecular formula is C12H16N6O2. The number of tetrazole rings is 1. The van der Waals surface area contributed by atoms with Crippen LogP contribution in [0.3, 0.4) is 0 Å². The average Bonchev–Trinajstić information content (AvgIpc) is 2.94. The maximum atomic E-state index is 11.6. The molecule has 0 bridgehead atoms. The van der Waals surface area contributed by atoms with E-state index in [1.54, 1.807) is 6.07 Å². The van der Waals surface area contributed by atoms with Gasteiger partial charge in [-0.15, -0.1) is 14.8 Å². The van der Waals surface area contributed by atoms with E-state index < -0.39 is 11.4 Å². The summed E-state index contributed by atoms with van der Waals surface area (Å²) in [5.41, 5.74) is -0.110. The van der Waals surface area contributed by atoms with Gasteiger partial charge < -0.3 is 10.0 Å². The van der Waals surface area contributed by atoms with Gasteiger partial charge >= 0.3 is 5.97 Å². The third-order valence-corrected chi connectivity index (χ3v) is 4.09. The van der Waals surface area contributed by atoms with Gasteiger partial charge in [0.05, 0.1) is 5.41 Å². The lowest BCUT2D eigenvalue weighted by Crippen LogP contribution is -2.48. The summed E-state index contributed by atoms with van der Waals surface area (Å²) in [4.78, 5) is 13.6. The molecule has 2 aromatic heterocycles. The van der Waals surface area contributed by atoms with Crippen LogP contribution >= 0.6 is 0 Å². The lowest BCUT2D eigenvalue weighted by atomic mass is 9.77. The van der Waals surface area contributed by atoms with Crippen molar-refractivity contribution in [3.8, 4) is 0 Å². The molecule has 3 heterocycles. The number of carbonyl (C=O) groups is 1. The minimum Gasteiger partial charge on any atom is -0.481 e. The van der Waals surface area contributed by atoms with E-state index in [1.165, 1.54) is 4.63 Å². The van der Waals surface area contributed by atoms with Crippen LogP contribution in [0.15, 0.2) is 12.1 Å². The SMILES string of the molecule is CCC1(C(=O)O)CCCN(c2ccc3nnnn3n2)C1. The fourth-order valence-electron chi connectivity index (χ4n) is 2.75. The summed E-state index contributed by atoms with van der Waals surface area (Å²) < 4.78 is 1.36. The van der Waals surface area contributed by atoms with Crippen LogP contribution in [0.4, 0.5) is 5.82 Å². The summed E-state index contributed by atoms with van der Waals surface area (Å²) in [5, 5.41) is 25.0. The molecule has 1 aliphatic heterocycles. The average molecular weight is 276 g/mol. The Balaban J connectivity index is 1.91. The summed E-state index contributed by atoms with van der Waals surface area (Å²) >= 11 is 0. The van der Waals surface area contributed by atoms with Gasteiger partial charge in [0.1, 0.15) is 0 Å². The number of carboxylic acids is 1. The Morgan fingerprint density at radius 2 is 2.35 bits per heavy atom. The zero-order valence-corrected chi connectivity index (χ0v) is 11.2. The highest BCUT2D eigenvalue weighted by atomic mass is 16.4. The summed E-state index contributed by atoms with van der Waals surface area (Å²) in [7, 11) is 0. The van der Waals surface area contributed by atoms with Crippen molar-refractivity contribution in [3.63, 3.8) is 0 Å². The van der Waals surface area contributed by atoms with Crippen LogP contribution in [-0.4, -0.2) is 49.4 Å². The molecule has 0 radical (unpaired) electrons. The van der Waals surface area contributed by atoms with Crippen molar-refractivity contribution in [1.82, 2.24) is 25.3 Å². The van der Waals surface area contributed by atoms with E-state index in [0.717, 1.165) is 13.0 Å². The van der Waals surface area contributed by atoms with Crippen LogP contribution in [0.1, 0.15) is 26.2 Å². The number of hydrogen-bond acceptors (Lipinski definition) is 6. The smallest absolute Gasteiger partial charge is 0.311 e. The molecule has 2 aromatic rings. The zero-order chi connectivity index (χ0) is 14.2. The van der Waals surface area contributed by atoms with Gasteiger partial charge in [0.2, 0.25) is 0 Å². The van der Waals surface area contributed by atoms with Crippen LogP contribution in [0.2, 0.25) is 0 Å². The molecule has 1 aliphatic rings. The largest absolute Gasteiger partial charge is 0.481 e. The maximum absolute atomic E-state index is 11.6. The minimum absolute atomic E-state index is 0.472. The van der Waals surface area contributed by atoms with Gasteiger partial charge in [-0.3, -0.25) is 4.79 Å².